The standard InChI is InChI=1S/C18H16Cl2N2O.ClH/c19-15-5-4-13(17(20)11-15)10-16(23)9-12-2-1-3-14(8-12)18-21-6-7-22-18;/h1-5,8,11H,6-7,9-10H2,(H,21,22);1H. The van der Waals surface area contributed by atoms with Crippen LogP contribution in [0.5, 0.6) is 0 Å². The van der Waals surface area contributed by atoms with E-state index in [1.165, 1.54) is 0 Å². The van der Waals surface area contributed by atoms with Crippen LogP contribution in [0, 0.1) is 0 Å². The van der Waals surface area contributed by atoms with E-state index in [-0.39, 0.29) is 18.2 Å². The molecule has 2 aromatic rings. The predicted octanol–water partition coefficient (Wildman–Crippen LogP) is 4.12. The van der Waals surface area contributed by atoms with Crippen LogP contribution in [0.15, 0.2) is 47.5 Å². The van der Waals surface area contributed by atoms with Crippen molar-refractivity contribution in [3.63, 3.8) is 0 Å². The molecule has 0 saturated carbocycles. The summed E-state index contributed by atoms with van der Waals surface area (Å²) in [5, 5.41) is 4.35. The molecule has 2 aromatic carbocycles. The van der Waals surface area contributed by atoms with Crippen LogP contribution in [0.3, 0.4) is 0 Å². The number of benzene rings is 2. The van der Waals surface area contributed by atoms with E-state index in [9.17, 15) is 4.79 Å². The molecule has 1 aliphatic rings. The first-order valence-corrected chi connectivity index (χ1v) is 8.21. The molecule has 0 spiro atoms. The maximum absolute atomic E-state index is 12.3. The fraction of sp³-hybridized carbons (Fsp3) is 0.222. The topological polar surface area (TPSA) is 41.5 Å². The van der Waals surface area contributed by atoms with Crippen LogP contribution in [-0.4, -0.2) is 24.7 Å². The molecule has 1 heterocycles. The van der Waals surface area contributed by atoms with Crippen molar-refractivity contribution in [2.45, 2.75) is 12.8 Å². The third-order valence-electron chi connectivity index (χ3n) is 3.68. The number of hydrogen-bond acceptors (Lipinski definition) is 3. The molecule has 0 bridgehead atoms. The minimum absolute atomic E-state index is 0. The number of ketones is 1. The highest BCUT2D eigenvalue weighted by atomic mass is 35.5. The lowest BCUT2D eigenvalue weighted by molar-refractivity contribution is -0.117. The van der Waals surface area contributed by atoms with Gasteiger partial charge in [0, 0.05) is 35.0 Å². The maximum Gasteiger partial charge on any atom is 0.141 e. The van der Waals surface area contributed by atoms with E-state index < -0.39 is 0 Å². The molecule has 1 N–H and O–H groups in total. The van der Waals surface area contributed by atoms with Crippen LogP contribution < -0.4 is 5.32 Å². The molecule has 0 aromatic heterocycles. The van der Waals surface area contributed by atoms with Crippen LogP contribution in [0.25, 0.3) is 0 Å². The average Bonchev–Trinajstić information content (AvgIpc) is 3.05. The van der Waals surface area contributed by atoms with Gasteiger partial charge in [-0.3, -0.25) is 9.79 Å². The number of aliphatic imine (C=N–C) groups is 1. The molecule has 0 fully saturated rings. The van der Waals surface area contributed by atoms with E-state index in [0.717, 1.165) is 35.6 Å². The Morgan fingerprint density at radius 3 is 2.67 bits per heavy atom. The number of Topliss-reactive ketones (excluding diaryl/α,β-unsaturated/α-hetero) is 1. The SMILES string of the molecule is Cl.O=C(Cc1cccc(C2=NCCN2)c1)Cc1ccc(Cl)cc1Cl. The van der Waals surface area contributed by atoms with Gasteiger partial charge in [0.2, 0.25) is 0 Å². The summed E-state index contributed by atoms with van der Waals surface area (Å²) in [5.41, 5.74) is 2.81. The molecule has 3 nitrogen and oxygen atoms in total. The number of nitrogens with one attached hydrogen (secondary N) is 1. The third kappa shape index (κ3) is 4.73. The minimum atomic E-state index is 0. The summed E-state index contributed by atoms with van der Waals surface area (Å²) in [6.45, 7) is 1.67. The Balaban J connectivity index is 0.00000208. The molecular formula is C18H17Cl3N2O. The predicted molar refractivity (Wildman–Crippen MR) is 102 cm³/mol. The molecule has 0 amide bonds. The van der Waals surface area contributed by atoms with Gasteiger partial charge in [0.15, 0.2) is 0 Å². The lowest BCUT2D eigenvalue weighted by Crippen LogP contribution is -2.19. The second kappa shape index (κ2) is 8.52. The molecule has 0 radical (unpaired) electrons. The molecule has 1 aliphatic heterocycles. The number of rotatable bonds is 5. The van der Waals surface area contributed by atoms with E-state index >= 15 is 0 Å². The zero-order valence-electron chi connectivity index (χ0n) is 12.9. The summed E-state index contributed by atoms with van der Waals surface area (Å²) in [4.78, 5) is 16.7. The van der Waals surface area contributed by atoms with Gasteiger partial charge in [-0.25, -0.2) is 0 Å². The van der Waals surface area contributed by atoms with Crippen molar-refractivity contribution < 1.29 is 4.79 Å². The average molecular weight is 384 g/mol. The Morgan fingerprint density at radius 1 is 1.12 bits per heavy atom. The Bertz CT molecular complexity index is 775. The van der Waals surface area contributed by atoms with E-state index in [0.29, 0.717) is 22.9 Å². The van der Waals surface area contributed by atoms with Gasteiger partial charge >= 0.3 is 0 Å². The van der Waals surface area contributed by atoms with E-state index in [4.69, 9.17) is 23.2 Å². The first-order valence-electron chi connectivity index (χ1n) is 7.45. The summed E-state index contributed by atoms with van der Waals surface area (Å²) in [6, 6.07) is 13.1. The monoisotopic (exact) mass is 382 g/mol. The summed E-state index contributed by atoms with van der Waals surface area (Å²) in [6.07, 6.45) is 0.680. The second-order valence-corrected chi connectivity index (χ2v) is 6.33. The number of carbonyl (C=O) groups is 1. The van der Waals surface area contributed by atoms with Gasteiger partial charge in [-0.05, 0) is 29.3 Å². The zero-order valence-corrected chi connectivity index (χ0v) is 15.2. The first kappa shape index (κ1) is 18.8. The number of nitrogens with zero attached hydrogens (tertiary/aromatic N) is 1. The van der Waals surface area contributed by atoms with Gasteiger partial charge < -0.3 is 5.32 Å². The van der Waals surface area contributed by atoms with Gasteiger partial charge in [-0.1, -0.05) is 47.5 Å². The third-order valence-corrected chi connectivity index (χ3v) is 4.27. The van der Waals surface area contributed by atoms with Crippen LogP contribution >= 0.6 is 35.6 Å². The number of amidine groups is 1. The van der Waals surface area contributed by atoms with Crippen molar-refractivity contribution in [2.75, 3.05) is 13.1 Å². The maximum atomic E-state index is 12.3. The van der Waals surface area contributed by atoms with Crippen molar-refractivity contribution >= 4 is 47.2 Å². The second-order valence-electron chi connectivity index (χ2n) is 5.49. The van der Waals surface area contributed by atoms with Gasteiger partial charge in [0.25, 0.3) is 0 Å². The van der Waals surface area contributed by atoms with Crippen molar-refractivity contribution in [2.24, 2.45) is 4.99 Å². The van der Waals surface area contributed by atoms with Crippen LogP contribution in [0.2, 0.25) is 10.0 Å². The fourth-order valence-electron chi connectivity index (χ4n) is 2.59. The van der Waals surface area contributed by atoms with Gasteiger partial charge in [-0.2, -0.15) is 0 Å². The molecule has 0 aliphatic carbocycles. The molecule has 0 unspecified atom stereocenters. The molecule has 0 atom stereocenters. The Hall–Kier alpha value is -1.55. The smallest absolute Gasteiger partial charge is 0.141 e. The van der Waals surface area contributed by atoms with Gasteiger partial charge in [0.1, 0.15) is 11.6 Å². The first-order chi connectivity index (χ1) is 11.1. The lowest BCUT2D eigenvalue weighted by Gasteiger charge is -2.07. The number of hydrogen-bond donors (Lipinski definition) is 1. The van der Waals surface area contributed by atoms with E-state index in [2.05, 4.69) is 10.3 Å². The Labute approximate surface area is 157 Å². The molecule has 24 heavy (non-hydrogen) atoms. The van der Waals surface area contributed by atoms with Crippen LogP contribution in [0.1, 0.15) is 16.7 Å². The van der Waals surface area contributed by atoms with Gasteiger partial charge in [-0.15, -0.1) is 12.4 Å². The van der Waals surface area contributed by atoms with Crippen molar-refractivity contribution in [1.29, 1.82) is 0 Å². The van der Waals surface area contributed by atoms with Crippen LogP contribution in [-0.2, 0) is 17.6 Å². The highest BCUT2D eigenvalue weighted by Gasteiger charge is 2.11. The Kier molecular flexibility index (Phi) is 6.67. The minimum Gasteiger partial charge on any atom is -0.368 e. The summed E-state index contributed by atoms with van der Waals surface area (Å²) < 4.78 is 0. The summed E-state index contributed by atoms with van der Waals surface area (Å²) >= 11 is 12.0. The largest absolute Gasteiger partial charge is 0.368 e. The highest BCUT2D eigenvalue weighted by Crippen LogP contribution is 2.22. The molecular weight excluding hydrogens is 367 g/mol. The lowest BCUT2D eigenvalue weighted by atomic mass is 10.0. The summed E-state index contributed by atoms with van der Waals surface area (Å²) in [7, 11) is 0. The Morgan fingerprint density at radius 2 is 1.96 bits per heavy atom. The van der Waals surface area contributed by atoms with Crippen molar-refractivity contribution in [3.8, 4) is 0 Å². The fourth-order valence-corrected chi connectivity index (χ4v) is 3.06. The molecule has 126 valence electrons. The molecule has 6 heteroatoms. The number of halogens is 3. The quantitative estimate of drug-likeness (QED) is 0.844. The van der Waals surface area contributed by atoms with E-state index in [1.807, 2.05) is 24.3 Å². The molecule has 0 saturated heterocycles. The van der Waals surface area contributed by atoms with Crippen LogP contribution in [0.4, 0.5) is 0 Å². The summed E-state index contributed by atoms with van der Waals surface area (Å²) in [5.74, 6) is 1.02. The molecule has 3 rings (SSSR count). The van der Waals surface area contributed by atoms with Crippen molar-refractivity contribution in [3.05, 3.63) is 69.2 Å². The number of carbonyl (C=O) groups excluding carboxylic acids is 1. The normalized spacial score (nSPS) is 13.0. The highest BCUT2D eigenvalue weighted by molar-refractivity contribution is 6.35. The van der Waals surface area contributed by atoms with Gasteiger partial charge in [0.05, 0.1) is 6.54 Å². The van der Waals surface area contributed by atoms with E-state index in [1.54, 1.807) is 18.2 Å². The zero-order chi connectivity index (χ0) is 16.2. The van der Waals surface area contributed by atoms with Crippen molar-refractivity contribution in [1.82, 2.24) is 5.32 Å².